The molecule has 0 N–H and O–H groups in total. The zero-order valence-corrected chi connectivity index (χ0v) is 8.92. The Morgan fingerprint density at radius 2 is 2.14 bits per heavy atom. The summed E-state index contributed by atoms with van der Waals surface area (Å²) in [6.45, 7) is 4.18. The van der Waals surface area contributed by atoms with Crippen LogP contribution in [0.1, 0.15) is 25.5 Å². The fraction of sp³-hybridized carbons (Fsp3) is 0.273. The standard InChI is InChI=1S/C11H11ClN2/c1-7(2)10-6-9(12)8-4-3-5-13-11(8)14-10/h3-7H,1-2H3. The Morgan fingerprint density at radius 3 is 2.86 bits per heavy atom. The van der Waals surface area contributed by atoms with E-state index in [0.717, 1.165) is 21.7 Å². The molecule has 3 heteroatoms. The summed E-state index contributed by atoms with van der Waals surface area (Å²) in [6, 6.07) is 5.71. The Morgan fingerprint density at radius 1 is 1.36 bits per heavy atom. The first-order valence-electron chi connectivity index (χ1n) is 4.59. The average Bonchev–Trinajstić information content (AvgIpc) is 2.17. The van der Waals surface area contributed by atoms with E-state index in [1.54, 1.807) is 6.20 Å². The Hall–Kier alpha value is -1.15. The summed E-state index contributed by atoms with van der Waals surface area (Å²) in [6.07, 6.45) is 1.73. The minimum atomic E-state index is 0.374. The monoisotopic (exact) mass is 206 g/mol. The third-order valence-electron chi connectivity index (χ3n) is 2.15. The summed E-state index contributed by atoms with van der Waals surface area (Å²) in [7, 11) is 0. The molecule has 0 aliphatic carbocycles. The molecule has 0 fully saturated rings. The maximum absolute atomic E-state index is 6.13. The van der Waals surface area contributed by atoms with E-state index in [-0.39, 0.29) is 0 Å². The minimum Gasteiger partial charge on any atom is -0.237 e. The highest BCUT2D eigenvalue weighted by Crippen LogP contribution is 2.24. The molecule has 0 bridgehead atoms. The van der Waals surface area contributed by atoms with E-state index >= 15 is 0 Å². The van der Waals surface area contributed by atoms with E-state index in [9.17, 15) is 0 Å². The van der Waals surface area contributed by atoms with Crippen LogP contribution in [-0.4, -0.2) is 9.97 Å². The lowest BCUT2D eigenvalue weighted by atomic mass is 10.1. The van der Waals surface area contributed by atoms with Gasteiger partial charge in [0.25, 0.3) is 0 Å². The van der Waals surface area contributed by atoms with Gasteiger partial charge >= 0.3 is 0 Å². The summed E-state index contributed by atoms with van der Waals surface area (Å²) in [5.74, 6) is 0.374. The maximum atomic E-state index is 6.13. The van der Waals surface area contributed by atoms with Gasteiger partial charge in [0.15, 0.2) is 5.65 Å². The van der Waals surface area contributed by atoms with Crippen LogP contribution in [0.15, 0.2) is 24.4 Å². The molecule has 0 unspecified atom stereocenters. The highest BCUT2D eigenvalue weighted by Gasteiger charge is 2.06. The topological polar surface area (TPSA) is 25.8 Å². The van der Waals surface area contributed by atoms with Gasteiger partial charge in [-0.15, -0.1) is 0 Å². The third kappa shape index (κ3) is 1.58. The smallest absolute Gasteiger partial charge is 0.160 e. The molecule has 2 heterocycles. The van der Waals surface area contributed by atoms with Gasteiger partial charge in [0.1, 0.15) is 0 Å². The van der Waals surface area contributed by atoms with E-state index in [1.807, 2.05) is 18.2 Å². The second-order valence-corrected chi connectivity index (χ2v) is 3.97. The van der Waals surface area contributed by atoms with E-state index in [2.05, 4.69) is 23.8 Å². The Kier molecular flexibility index (Phi) is 2.38. The molecule has 0 aromatic carbocycles. The van der Waals surface area contributed by atoms with Crippen LogP contribution >= 0.6 is 11.6 Å². The minimum absolute atomic E-state index is 0.374. The van der Waals surface area contributed by atoms with Gasteiger partial charge in [-0.2, -0.15) is 0 Å². The molecule has 2 nitrogen and oxygen atoms in total. The van der Waals surface area contributed by atoms with E-state index < -0.39 is 0 Å². The molecule has 0 aliphatic rings. The fourth-order valence-electron chi connectivity index (χ4n) is 1.33. The third-order valence-corrected chi connectivity index (χ3v) is 2.46. The zero-order valence-electron chi connectivity index (χ0n) is 8.16. The van der Waals surface area contributed by atoms with Gasteiger partial charge in [0, 0.05) is 17.3 Å². The van der Waals surface area contributed by atoms with Crippen molar-refractivity contribution in [3.05, 3.63) is 35.1 Å². The molecule has 0 radical (unpaired) electrons. The summed E-state index contributed by atoms with van der Waals surface area (Å²) < 4.78 is 0. The van der Waals surface area contributed by atoms with Crippen molar-refractivity contribution in [2.24, 2.45) is 0 Å². The molecule has 0 saturated heterocycles. The maximum Gasteiger partial charge on any atom is 0.160 e. The molecule has 0 spiro atoms. The van der Waals surface area contributed by atoms with Crippen molar-refractivity contribution < 1.29 is 0 Å². The van der Waals surface area contributed by atoms with Crippen LogP contribution in [0.3, 0.4) is 0 Å². The number of rotatable bonds is 1. The predicted octanol–water partition coefficient (Wildman–Crippen LogP) is 3.41. The van der Waals surface area contributed by atoms with Gasteiger partial charge < -0.3 is 0 Å². The number of fused-ring (bicyclic) bond motifs is 1. The number of pyridine rings is 2. The lowest BCUT2D eigenvalue weighted by Gasteiger charge is -2.06. The van der Waals surface area contributed by atoms with E-state index in [0.29, 0.717) is 5.92 Å². The quantitative estimate of drug-likeness (QED) is 0.715. The normalized spacial score (nSPS) is 11.1. The molecular weight excluding hydrogens is 196 g/mol. The Bertz CT molecular complexity index is 466. The van der Waals surface area contributed by atoms with Crippen LogP contribution < -0.4 is 0 Å². The molecular formula is C11H11ClN2. The van der Waals surface area contributed by atoms with Gasteiger partial charge in [-0.25, -0.2) is 9.97 Å². The second-order valence-electron chi connectivity index (χ2n) is 3.56. The summed E-state index contributed by atoms with van der Waals surface area (Å²) >= 11 is 6.13. The molecule has 72 valence electrons. The van der Waals surface area contributed by atoms with Crippen molar-refractivity contribution in [3.63, 3.8) is 0 Å². The van der Waals surface area contributed by atoms with Crippen LogP contribution in [0.4, 0.5) is 0 Å². The first-order chi connectivity index (χ1) is 6.68. The van der Waals surface area contributed by atoms with Crippen LogP contribution in [0, 0.1) is 0 Å². The molecule has 2 rings (SSSR count). The molecule has 0 atom stereocenters. The summed E-state index contributed by atoms with van der Waals surface area (Å²) in [5.41, 5.74) is 1.71. The van der Waals surface area contributed by atoms with Crippen molar-refractivity contribution in [1.82, 2.24) is 9.97 Å². The highest BCUT2D eigenvalue weighted by atomic mass is 35.5. The van der Waals surface area contributed by atoms with Crippen LogP contribution in [-0.2, 0) is 0 Å². The SMILES string of the molecule is CC(C)c1cc(Cl)c2cccnc2n1. The highest BCUT2D eigenvalue weighted by molar-refractivity contribution is 6.35. The van der Waals surface area contributed by atoms with Crippen molar-refractivity contribution in [1.29, 1.82) is 0 Å². The van der Waals surface area contributed by atoms with Crippen LogP contribution in [0.25, 0.3) is 11.0 Å². The van der Waals surface area contributed by atoms with E-state index in [4.69, 9.17) is 11.6 Å². The van der Waals surface area contributed by atoms with Gasteiger partial charge in [-0.3, -0.25) is 0 Å². The van der Waals surface area contributed by atoms with Gasteiger partial charge in [0.2, 0.25) is 0 Å². The molecule has 0 saturated carbocycles. The molecule has 2 aromatic rings. The number of hydrogen-bond donors (Lipinski definition) is 0. The first kappa shape index (κ1) is 9.41. The summed E-state index contributed by atoms with van der Waals surface area (Å²) in [5, 5.41) is 1.64. The largest absolute Gasteiger partial charge is 0.237 e. The van der Waals surface area contributed by atoms with Crippen LogP contribution in [0.5, 0.6) is 0 Å². The van der Waals surface area contributed by atoms with Gasteiger partial charge in [0.05, 0.1) is 5.02 Å². The van der Waals surface area contributed by atoms with Crippen LogP contribution in [0.2, 0.25) is 5.02 Å². The van der Waals surface area contributed by atoms with Crippen molar-refractivity contribution in [2.75, 3.05) is 0 Å². The lowest BCUT2D eigenvalue weighted by molar-refractivity contribution is 0.828. The predicted molar refractivity (Wildman–Crippen MR) is 58.6 cm³/mol. The number of aromatic nitrogens is 2. The van der Waals surface area contributed by atoms with Crippen molar-refractivity contribution in [2.45, 2.75) is 19.8 Å². The van der Waals surface area contributed by atoms with E-state index in [1.165, 1.54) is 0 Å². The average molecular weight is 207 g/mol. The number of nitrogens with zero attached hydrogens (tertiary/aromatic N) is 2. The van der Waals surface area contributed by atoms with Gasteiger partial charge in [-0.05, 0) is 24.1 Å². The van der Waals surface area contributed by atoms with Crippen molar-refractivity contribution >= 4 is 22.6 Å². The zero-order chi connectivity index (χ0) is 10.1. The number of halogens is 1. The molecule has 0 aliphatic heterocycles. The molecule has 0 amide bonds. The Labute approximate surface area is 88.0 Å². The van der Waals surface area contributed by atoms with Gasteiger partial charge in [-0.1, -0.05) is 25.4 Å². The summed E-state index contributed by atoms with van der Waals surface area (Å²) in [4.78, 5) is 8.63. The first-order valence-corrected chi connectivity index (χ1v) is 4.97. The lowest BCUT2D eigenvalue weighted by Crippen LogP contribution is -1.94. The fourth-order valence-corrected chi connectivity index (χ4v) is 1.59. The number of hydrogen-bond acceptors (Lipinski definition) is 2. The Balaban J connectivity index is 2.72. The second kappa shape index (κ2) is 3.54. The molecule has 14 heavy (non-hydrogen) atoms. The molecule has 2 aromatic heterocycles. The van der Waals surface area contributed by atoms with Crippen molar-refractivity contribution in [3.8, 4) is 0 Å².